The van der Waals surface area contributed by atoms with Crippen LogP contribution in [0.3, 0.4) is 0 Å². The van der Waals surface area contributed by atoms with Crippen molar-refractivity contribution in [2.75, 3.05) is 5.32 Å². The molecule has 1 aromatic heterocycles. The normalized spacial score (nSPS) is 21.7. The monoisotopic (exact) mass is 455 g/mol. The van der Waals surface area contributed by atoms with Crippen LogP contribution in [0.4, 0.5) is 10.1 Å². The quantitative estimate of drug-likeness (QED) is 0.554. The number of sulfonamides is 1. The van der Waals surface area contributed by atoms with Crippen molar-refractivity contribution in [1.82, 2.24) is 9.71 Å². The molecule has 1 aromatic carbocycles. The number of aromatic nitrogens is 1. The topological polar surface area (TPSA) is 108 Å². The number of nitrogens with zero attached hydrogens (tertiary/aromatic N) is 1. The molecule has 0 spiro atoms. The van der Waals surface area contributed by atoms with Crippen molar-refractivity contribution in [3.63, 3.8) is 0 Å². The molecule has 10 heteroatoms. The zero-order valence-electron chi connectivity index (χ0n) is 17.3. The van der Waals surface area contributed by atoms with Crippen LogP contribution in [-0.4, -0.2) is 30.1 Å². The van der Waals surface area contributed by atoms with Crippen LogP contribution in [-0.2, 0) is 14.8 Å². The highest BCUT2D eigenvalue weighted by atomic mass is 32.2. The Bertz CT molecular complexity index is 1040. The summed E-state index contributed by atoms with van der Waals surface area (Å²) in [6, 6.07) is 3.03. The van der Waals surface area contributed by atoms with Gasteiger partial charge in [0.2, 0.25) is 10.2 Å². The van der Waals surface area contributed by atoms with E-state index in [9.17, 15) is 22.7 Å². The summed E-state index contributed by atoms with van der Waals surface area (Å²) in [6.45, 7) is 7.55. The summed E-state index contributed by atoms with van der Waals surface area (Å²) in [4.78, 5) is 16.8. The van der Waals surface area contributed by atoms with E-state index in [1.807, 2.05) is 27.7 Å². The average Bonchev–Trinajstić information content (AvgIpc) is 3.15. The number of halogens is 1. The SMILES string of the molecule is CC(C)c1ccc(F)c(C(C)C)c1NC(=O)C1CCC1(O)NS(=O)(=O)c1nccs1. The maximum atomic E-state index is 14.5. The number of nitrogens with one attached hydrogen (secondary N) is 2. The number of thiazole rings is 1. The van der Waals surface area contributed by atoms with E-state index in [-0.39, 0.29) is 22.6 Å². The minimum Gasteiger partial charge on any atom is -0.374 e. The first kappa shape index (κ1) is 22.8. The molecule has 1 aliphatic carbocycles. The second kappa shape index (κ2) is 8.33. The Labute approximate surface area is 179 Å². The van der Waals surface area contributed by atoms with Crippen LogP contribution < -0.4 is 10.0 Å². The van der Waals surface area contributed by atoms with Gasteiger partial charge in [0.1, 0.15) is 11.5 Å². The molecule has 2 aromatic rings. The molecule has 0 bridgehead atoms. The van der Waals surface area contributed by atoms with Gasteiger partial charge in [-0.2, -0.15) is 4.72 Å². The van der Waals surface area contributed by atoms with Gasteiger partial charge in [-0.25, -0.2) is 17.8 Å². The van der Waals surface area contributed by atoms with E-state index < -0.39 is 33.4 Å². The molecule has 0 saturated heterocycles. The second-order valence-electron chi connectivity index (χ2n) is 8.14. The molecule has 3 rings (SSSR count). The van der Waals surface area contributed by atoms with Gasteiger partial charge in [0, 0.05) is 17.1 Å². The molecule has 164 valence electrons. The van der Waals surface area contributed by atoms with Crippen molar-refractivity contribution in [3.8, 4) is 0 Å². The lowest BCUT2D eigenvalue weighted by Gasteiger charge is -2.44. The molecular weight excluding hydrogens is 429 g/mol. The summed E-state index contributed by atoms with van der Waals surface area (Å²) in [5.74, 6) is -2.13. The Balaban J connectivity index is 1.87. The van der Waals surface area contributed by atoms with Gasteiger partial charge < -0.3 is 10.4 Å². The van der Waals surface area contributed by atoms with Crippen molar-refractivity contribution in [3.05, 3.63) is 40.7 Å². The molecule has 2 atom stereocenters. The van der Waals surface area contributed by atoms with E-state index >= 15 is 0 Å². The molecular formula is C20H26FN3O4S2. The summed E-state index contributed by atoms with van der Waals surface area (Å²) in [6.07, 6.45) is 1.73. The smallest absolute Gasteiger partial charge is 0.270 e. The van der Waals surface area contributed by atoms with E-state index in [0.717, 1.165) is 16.9 Å². The van der Waals surface area contributed by atoms with Gasteiger partial charge in [-0.15, -0.1) is 11.3 Å². The van der Waals surface area contributed by atoms with E-state index in [1.165, 1.54) is 17.6 Å². The molecule has 1 amide bonds. The lowest BCUT2D eigenvalue weighted by atomic mass is 9.75. The van der Waals surface area contributed by atoms with Gasteiger partial charge in [0.05, 0.1) is 11.6 Å². The number of anilines is 1. The van der Waals surface area contributed by atoms with Crippen LogP contribution >= 0.6 is 11.3 Å². The predicted molar refractivity (Wildman–Crippen MR) is 113 cm³/mol. The molecule has 1 aliphatic rings. The molecule has 1 heterocycles. The second-order valence-corrected chi connectivity index (χ2v) is 10.9. The van der Waals surface area contributed by atoms with Crippen LogP contribution in [0.1, 0.15) is 63.5 Å². The third-order valence-electron chi connectivity index (χ3n) is 5.33. The highest BCUT2D eigenvalue weighted by Crippen LogP contribution is 2.40. The fourth-order valence-electron chi connectivity index (χ4n) is 3.66. The van der Waals surface area contributed by atoms with Crippen LogP contribution in [0.25, 0.3) is 0 Å². The molecule has 1 fully saturated rings. The number of carbonyl (C=O) groups is 1. The summed E-state index contributed by atoms with van der Waals surface area (Å²) in [7, 11) is -4.06. The number of benzene rings is 1. The molecule has 3 N–H and O–H groups in total. The zero-order chi connectivity index (χ0) is 22.3. The van der Waals surface area contributed by atoms with Crippen LogP contribution in [0, 0.1) is 11.7 Å². The average molecular weight is 456 g/mol. The number of carbonyl (C=O) groups excluding carboxylic acids is 1. The van der Waals surface area contributed by atoms with E-state index in [2.05, 4.69) is 15.0 Å². The Morgan fingerprint density at radius 2 is 2.00 bits per heavy atom. The van der Waals surface area contributed by atoms with Crippen LogP contribution in [0.5, 0.6) is 0 Å². The number of hydrogen-bond donors (Lipinski definition) is 3. The van der Waals surface area contributed by atoms with Crippen molar-refractivity contribution in [2.24, 2.45) is 5.92 Å². The first-order valence-electron chi connectivity index (χ1n) is 9.75. The fourth-order valence-corrected chi connectivity index (χ4v) is 5.81. The molecule has 0 radical (unpaired) electrons. The largest absolute Gasteiger partial charge is 0.374 e. The summed E-state index contributed by atoms with van der Waals surface area (Å²) < 4.78 is 41.5. The lowest BCUT2D eigenvalue weighted by molar-refractivity contribution is -0.146. The van der Waals surface area contributed by atoms with Gasteiger partial charge in [-0.3, -0.25) is 4.79 Å². The van der Waals surface area contributed by atoms with Crippen LogP contribution in [0.2, 0.25) is 0 Å². The van der Waals surface area contributed by atoms with E-state index in [0.29, 0.717) is 17.7 Å². The number of hydrogen-bond acceptors (Lipinski definition) is 6. The zero-order valence-corrected chi connectivity index (χ0v) is 18.9. The minimum atomic E-state index is -4.06. The Kier molecular flexibility index (Phi) is 6.33. The first-order valence-corrected chi connectivity index (χ1v) is 12.1. The maximum Gasteiger partial charge on any atom is 0.270 e. The van der Waals surface area contributed by atoms with Crippen molar-refractivity contribution >= 4 is 33.0 Å². The molecule has 0 aliphatic heterocycles. The van der Waals surface area contributed by atoms with E-state index in [4.69, 9.17) is 0 Å². The maximum absolute atomic E-state index is 14.5. The molecule has 7 nitrogen and oxygen atoms in total. The third-order valence-corrected chi connectivity index (χ3v) is 8.03. The van der Waals surface area contributed by atoms with Crippen molar-refractivity contribution < 1.29 is 22.7 Å². The van der Waals surface area contributed by atoms with Gasteiger partial charge in [0.15, 0.2) is 0 Å². The minimum absolute atomic E-state index is 0.0297. The van der Waals surface area contributed by atoms with Gasteiger partial charge in [0.25, 0.3) is 10.0 Å². The van der Waals surface area contributed by atoms with Crippen molar-refractivity contribution in [1.29, 1.82) is 0 Å². The van der Waals surface area contributed by atoms with Gasteiger partial charge in [-0.1, -0.05) is 33.8 Å². The third kappa shape index (κ3) is 4.27. The lowest BCUT2D eigenvalue weighted by Crippen LogP contribution is -2.63. The number of aliphatic hydroxyl groups is 1. The van der Waals surface area contributed by atoms with Crippen LogP contribution in [0.15, 0.2) is 28.0 Å². The predicted octanol–water partition coefficient (Wildman–Crippen LogP) is 3.54. The van der Waals surface area contributed by atoms with E-state index in [1.54, 1.807) is 6.07 Å². The summed E-state index contributed by atoms with van der Waals surface area (Å²) in [5, 5.41) is 15.1. The van der Waals surface area contributed by atoms with Gasteiger partial charge in [-0.05, 0) is 36.3 Å². The number of rotatable bonds is 7. The number of amides is 1. The molecule has 1 saturated carbocycles. The highest BCUT2D eigenvalue weighted by molar-refractivity contribution is 7.91. The Morgan fingerprint density at radius 1 is 1.30 bits per heavy atom. The Hall–Kier alpha value is -1.88. The van der Waals surface area contributed by atoms with Crippen molar-refractivity contribution in [2.45, 2.75) is 62.4 Å². The molecule has 2 unspecified atom stereocenters. The fraction of sp³-hybridized carbons (Fsp3) is 0.500. The molecule has 30 heavy (non-hydrogen) atoms. The van der Waals surface area contributed by atoms with Gasteiger partial charge >= 0.3 is 0 Å². The Morgan fingerprint density at radius 3 is 2.50 bits per heavy atom. The highest BCUT2D eigenvalue weighted by Gasteiger charge is 2.52. The summed E-state index contributed by atoms with van der Waals surface area (Å²) >= 11 is 0.914. The standard InChI is InChI=1S/C20H26FN3O4S2/c1-11(2)13-5-6-15(21)16(12(3)4)17(13)23-18(25)14-7-8-20(14,26)24-30(27,28)19-22-9-10-29-19/h5-6,9-12,14,24,26H,7-8H2,1-4H3,(H,23,25). The first-order chi connectivity index (χ1) is 14.0. The summed E-state index contributed by atoms with van der Waals surface area (Å²) in [5.41, 5.74) is -0.361.